The van der Waals surface area contributed by atoms with Crippen LogP contribution in [-0.4, -0.2) is 37.1 Å². The lowest BCUT2D eigenvalue weighted by molar-refractivity contribution is 1.06. The van der Waals surface area contributed by atoms with E-state index in [0.29, 0.717) is 11.6 Å². The van der Waals surface area contributed by atoms with Crippen molar-refractivity contribution in [1.29, 1.82) is 0 Å². The normalized spacial score (nSPS) is 13.2. The second-order valence-electron chi connectivity index (χ2n) is 15.5. The first-order chi connectivity index (χ1) is 28.0. The molecule has 0 radical (unpaired) electrons. The molecule has 5 heterocycles. The molecule has 11 aromatic rings. The lowest BCUT2D eigenvalue weighted by atomic mass is 10.1. The fraction of sp³-hybridized carbons (Fsp3) is 0.0400. The molecule has 6 nitrogen and oxygen atoms in total. The predicted molar refractivity (Wildman–Crippen MR) is 237 cm³/mol. The van der Waals surface area contributed by atoms with Crippen molar-refractivity contribution in [3.05, 3.63) is 170 Å². The summed E-state index contributed by atoms with van der Waals surface area (Å²) in [6.07, 6.45) is 0. The van der Waals surface area contributed by atoms with Crippen molar-refractivity contribution in [2.75, 3.05) is 0 Å². The average Bonchev–Trinajstić information content (AvgIpc) is 3.86. The van der Waals surface area contributed by atoms with E-state index in [1.165, 1.54) is 26.7 Å². The zero-order chi connectivity index (χ0) is 37.8. The molecule has 0 aliphatic carbocycles. The van der Waals surface area contributed by atoms with E-state index < -0.39 is 8.07 Å². The Labute approximate surface area is 329 Å². The smallest absolute Gasteiger partial charge is 0.162 e. The number of para-hydroxylation sites is 4. The van der Waals surface area contributed by atoms with Crippen molar-refractivity contribution in [3.63, 3.8) is 0 Å². The quantitative estimate of drug-likeness (QED) is 0.168. The fourth-order valence-corrected chi connectivity index (χ4v) is 12.5. The minimum atomic E-state index is -2.21. The summed E-state index contributed by atoms with van der Waals surface area (Å²) in [7, 11) is -2.21. The minimum Gasteiger partial charge on any atom is -0.294 e. The molecule has 0 saturated heterocycles. The number of benzene rings is 7. The highest BCUT2D eigenvalue weighted by Gasteiger charge is 2.42. The first-order valence-corrected chi connectivity index (χ1v) is 22.4. The van der Waals surface area contributed by atoms with Crippen LogP contribution in [0.3, 0.4) is 0 Å². The lowest BCUT2D eigenvalue weighted by Gasteiger charge is -2.22. The Kier molecular flexibility index (Phi) is 6.69. The van der Waals surface area contributed by atoms with Crippen molar-refractivity contribution in [2.45, 2.75) is 13.1 Å². The molecule has 7 aromatic carbocycles. The SMILES string of the molecule is C[Si]1(C)c2ccccc2-c2nc(-c3ccc4c(c3)c3ccccc3n4-c3nc(-c4ccccc4)nc4ccccc34)nc(-n3c4ccccc4c4ccccc43)c21. The molecule has 1 aliphatic rings. The van der Waals surface area contributed by atoms with Crippen LogP contribution in [0, 0.1) is 0 Å². The molecule has 0 spiro atoms. The van der Waals surface area contributed by atoms with Crippen molar-refractivity contribution < 1.29 is 0 Å². The largest absolute Gasteiger partial charge is 0.294 e. The molecule has 12 rings (SSSR count). The number of rotatable bonds is 4. The molecule has 57 heavy (non-hydrogen) atoms. The summed E-state index contributed by atoms with van der Waals surface area (Å²) in [5.74, 6) is 3.24. The zero-order valence-electron chi connectivity index (χ0n) is 31.3. The minimum absolute atomic E-state index is 0.697. The Morgan fingerprint density at radius 3 is 1.65 bits per heavy atom. The van der Waals surface area contributed by atoms with Gasteiger partial charge < -0.3 is 0 Å². The molecule has 268 valence electrons. The highest BCUT2D eigenvalue weighted by molar-refractivity contribution is 7.04. The topological polar surface area (TPSA) is 61.4 Å². The maximum Gasteiger partial charge on any atom is 0.162 e. The summed E-state index contributed by atoms with van der Waals surface area (Å²) in [6, 6.07) is 60.1. The highest BCUT2D eigenvalue weighted by Crippen LogP contribution is 2.39. The molecule has 0 atom stereocenters. The average molecular weight is 747 g/mol. The van der Waals surface area contributed by atoms with E-state index in [-0.39, 0.29) is 0 Å². The summed E-state index contributed by atoms with van der Waals surface area (Å²) in [5, 5.41) is 8.37. The molecule has 0 N–H and O–H groups in total. The number of hydrogen-bond acceptors (Lipinski definition) is 4. The first-order valence-electron chi connectivity index (χ1n) is 19.4. The third kappa shape index (κ3) is 4.57. The van der Waals surface area contributed by atoms with Crippen molar-refractivity contribution in [1.82, 2.24) is 29.1 Å². The second kappa shape index (κ2) is 11.9. The van der Waals surface area contributed by atoms with Gasteiger partial charge in [0.25, 0.3) is 0 Å². The van der Waals surface area contributed by atoms with E-state index in [1.54, 1.807) is 0 Å². The van der Waals surface area contributed by atoms with E-state index in [1.807, 2.05) is 24.3 Å². The van der Waals surface area contributed by atoms with E-state index in [9.17, 15) is 0 Å². The third-order valence-corrected chi connectivity index (χ3v) is 15.4. The Balaban J connectivity index is 1.14. The molecule has 7 heteroatoms. The van der Waals surface area contributed by atoms with Gasteiger partial charge in [-0.15, -0.1) is 0 Å². The van der Waals surface area contributed by atoms with E-state index in [0.717, 1.165) is 72.2 Å². The fourth-order valence-electron chi connectivity index (χ4n) is 9.32. The summed E-state index contributed by atoms with van der Waals surface area (Å²) in [4.78, 5) is 21.4. The van der Waals surface area contributed by atoms with Crippen LogP contribution < -0.4 is 10.4 Å². The van der Waals surface area contributed by atoms with Gasteiger partial charge >= 0.3 is 0 Å². The van der Waals surface area contributed by atoms with Gasteiger partial charge in [0.05, 0.1) is 33.3 Å². The van der Waals surface area contributed by atoms with Gasteiger partial charge in [-0.25, -0.2) is 19.9 Å². The predicted octanol–water partition coefficient (Wildman–Crippen LogP) is 10.8. The standard InChI is InChI=1S/C50H34N6Si/c1-57(2)44-27-15-10-22-37(44)45-46(57)50(56-40-24-12-7-18-33(40)34-19-8-13-25-41(34)56)54-48(52-45)32-28-29-43-38(30-32)35-20-9-14-26-42(35)55(43)49-36-21-6-11-23-39(36)51-47(53-49)31-16-4-3-5-17-31/h3-30H,1-2H3. The molecular weight excluding hydrogens is 713 g/mol. The lowest BCUT2D eigenvalue weighted by Crippen LogP contribution is -2.51. The molecule has 0 amide bonds. The van der Waals surface area contributed by atoms with Gasteiger partial charge in [0.15, 0.2) is 11.6 Å². The van der Waals surface area contributed by atoms with Gasteiger partial charge in [-0.1, -0.05) is 134 Å². The van der Waals surface area contributed by atoms with Crippen LogP contribution >= 0.6 is 0 Å². The van der Waals surface area contributed by atoms with Gasteiger partial charge in [0.1, 0.15) is 19.7 Å². The number of fused-ring (bicyclic) bond motifs is 10. The zero-order valence-corrected chi connectivity index (χ0v) is 32.3. The van der Waals surface area contributed by atoms with Gasteiger partial charge in [-0.05, 0) is 59.3 Å². The number of hydrogen-bond donors (Lipinski definition) is 0. The maximum absolute atomic E-state index is 5.63. The van der Waals surface area contributed by atoms with Crippen LogP contribution in [0.25, 0.3) is 100 Å². The third-order valence-electron chi connectivity index (χ3n) is 11.9. The van der Waals surface area contributed by atoms with E-state index >= 15 is 0 Å². The molecule has 1 aliphatic heterocycles. The molecule has 0 unspecified atom stereocenters. The Morgan fingerprint density at radius 1 is 0.404 bits per heavy atom. The van der Waals surface area contributed by atoms with Crippen LogP contribution in [0.4, 0.5) is 0 Å². The summed E-state index contributed by atoms with van der Waals surface area (Å²) in [5.41, 5.74) is 9.56. The number of nitrogens with zero attached hydrogens (tertiary/aromatic N) is 6. The van der Waals surface area contributed by atoms with Crippen molar-refractivity contribution >= 4 is 73.0 Å². The maximum atomic E-state index is 5.63. The highest BCUT2D eigenvalue weighted by atomic mass is 28.3. The molecule has 0 bridgehead atoms. The Hall–Kier alpha value is -7.22. The van der Waals surface area contributed by atoms with E-state index in [2.05, 4.69) is 168 Å². The Morgan fingerprint density at radius 2 is 0.930 bits per heavy atom. The molecular formula is C50H34N6Si. The molecule has 0 saturated carbocycles. The van der Waals surface area contributed by atoms with Crippen LogP contribution in [0.1, 0.15) is 0 Å². The van der Waals surface area contributed by atoms with Crippen molar-refractivity contribution in [2.24, 2.45) is 0 Å². The van der Waals surface area contributed by atoms with Gasteiger partial charge in [-0.2, -0.15) is 0 Å². The van der Waals surface area contributed by atoms with Crippen LogP contribution in [0.15, 0.2) is 170 Å². The van der Waals surface area contributed by atoms with Gasteiger partial charge in [0, 0.05) is 43.2 Å². The first kappa shape index (κ1) is 32.1. The number of aromatic nitrogens is 6. The molecule has 0 fully saturated rings. The van der Waals surface area contributed by atoms with E-state index in [4.69, 9.17) is 19.9 Å². The molecule has 4 aromatic heterocycles. The summed E-state index contributed by atoms with van der Waals surface area (Å²) >= 11 is 0. The summed E-state index contributed by atoms with van der Waals surface area (Å²) in [6.45, 7) is 4.89. The second-order valence-corrected chi connectivity index (χ2v) is 19.8. The van der Waals surface area contributed by atoms with Crippen LogP contribution in [0.2, 0.25) is 13.1 Å². The van der Waals surface area contributed by atoms with Gasteiger partial charge in [0.2, 0.25) is 0 Å². The van der Waals surface area contributed by atoms with Crippen LogP contribution in [-0.2, 0) is 0 Å². The van der Waals surface area contributed by atoms with Crippen molar-refractivity contribution in [3.8, 4) is 45.7 Å². The van der Waals surface area contributed by atoms with Gasteiger partial charge in [-0.3, -0.25) is 9.13 Å². The Bertz CT molecular complexity index is 3400. The van der Waals surface area contributed by atoms with Crippen LogP contribution in [0.5, 0.6) is 0 Å². The monoisotopic (exact) mass is 746 g/mol. The summed E-state index contributed by atoms with van der Waals surface area (Å²) < 4.78 is 4.69.